The van der Waals surface area contributed by atoms with Gasteiger partial charge in [-0.05, 0) is 72.3 Å². The Bertz CT molecular complexity index is 840. The van der Waals surface area contributed by atoms with Crippen LogP contribution in [-0.2, 0) is 38.1 Å². The van der Waals surface area contributed by atoms with Crippen molar-refractivity contribution in [3.63, 3.8) is 0 Å². The van der Waals surface area contributed by atoms with Crippen molar-refractivity contribution >= 4 is 23.9 Å². The van der Waals surface area contributed by atoms with E-state index >= 15 is 0 Å². The first-order valence-electron chi connectivity index (χ1n) is 10.8. The maximum absolute atomic E-state index is 12.6. The molecule has 0 bridgehead atoms. The van der Waals surface area contributed by atoms with E-state index in [0.717, 1.165) is 24.0 Å². The van der Waals surface area contributed by atoms with E-state index in [1.54, 1.807) is 0 Å². The lowest BCUT2D eigenvalue weighted by atomic mass is 9.73. The molecule has 0 saturated heterocycles. The smallest absolute Gasteiger partial charge is 0.323 e. The van der Waals surface area contributed by atoms with Crippen LogP contribution in [0.1, 0.15) is 38.5 Å². The van der Waals surface area contributed by atoms with Crippen molar-refractivity contribution in [1.82, 2.24) is 0 Å². The fourth-order valence-corrected chi connectivity index (χ4v) is 6.92. The van der Waals surface area contributed by atoms with Crippen molar-refractivity contribution in [3.05, 3.63) is 24.3 Å². The van der Waals surface area contributed by atoms with Gasteiger partial charge in [0.05, 0.1) is 28.4 Å². The number of carbonyl (C=O) groups excluding carboxylic acids is 4. The second-order valence-electron chi connectivity index (χ2n) is 9.96. The number of methoxy groups -OCH3 is 4. The van der Waals surface area contributed by atoms with Gasteiger partial charge in [0.1, 0.15) is 0 Å². The van der Waals surface area contributed by atoms with Gasteiger partial charge in [-0.15, -0.1) is 0 Å². The number of carbonyl (C=O) groups is 4. The van der Waals surface area contributed by atoms with Crippen LogP contribution < -0.4 is 0 Å². The Morgan fingerprint density at radius 1 is 0.594 bits per heavy atom. The zero-order valence-corrected chi connectivity index (χ0v) is 19.1. The Balaban J connectivity index is 1.59. The monoisotopic (exact) mass is 446 g/mol. The lowest BCUT2D eigenvalue weighted by Gasteiger charge is -2.31. The molecule has 4 aliphatic carbocycles. The molecule has 32 heavy (non-hydrogen) atoms. The van der Waals surface area contributed by atoms with Gasteiger partial charge in [0.2, 0.25) is 0 Å². The van der Waals surface area contributed by atoms with Crippen LogP contribution >= 0.6 is 0 Å². The maximum Gasteiger partial charge on any atom is 0.323 e. The summed E-state index contributed by atoms with van der Waals surface area (Å²) in [6, 6.07) is 0. The van der Waals surface area contributed by atoms with Crippen LogP contribution in [0.5, 0.6) is 0 Å². The van der Waals surface area contributed by atoms with E-state index in [9.17, 15) is 19.2 Å². The molecule has 4 rings (SSSR count). The molecule has 4 unspecified atom stereocenters. The predicted octanol–water partition coefficient (Wildman–Crippen LogP) is 2.36. The Morgan fingerprint density at radius 2 is 0.875 bits per heavy atom. The number of fused-ring (bicyclic) bond motifs is 2. The van der Waals surface area contributed by atoms with Crippen molar-refractivity contribution in [1.29, 1.82) is 0 Å². The molecule has 4 fully saturated rings. The molecule has 0 heterocycles. The lowest BCUT2D eigenvalue weighted by Crippen LogP contribution is -2.41. The van der Waals surface area contributed by atoms with Gasteiger partial charge in [0.25, 0.3) is 0 Å². The minimum absolute atomic E-state index is 0.103. The zero-order chi connectivity index (χ0) is 23.7. The molecule has 4 atom stereocenters. The molecule has 174 valence electrons. The third-order valence-corrected chi connectivity index (χ3v) is 8.76. The lowest BCUT2D eigenvalue weighted by molar-refractivity contribution is -0.171. The van der Waals surface area contributed by atoms with E-state index in [0.29, 0.717) is 12.8 Å². The van der Waals surface area contributed by atoms with Crippen LogP contribution in [0, 0.1) is 33.5 Å². The molecule has 0 radical (unpaired) electrons. The highest BCUT2D eigenvalue weighted by molar-refractivity contribution is 6.02. The van der Waals surface area contributed by atoms with Crippen LogP contribution in [-0.4, -0.2) is 52.3 Å². The first-order chi connectivity index (χ1) is 15.0. The van der Waals surface area contributed by atoms with Crippen molar-refractivity contribution in [2.24, 2.45) is 33.5 Å². The second-order valence-corrected chi connectivity index (χ2v) is 9.96. The van der Waals surface area contributed by atoms with Gasteiger partial charge in [-0.3, -0.25) is 19.2 Å². The van der Waals surface area contributed by atoms with E-state index in [1.165, 1.54) is 28.4 Å². The summed E-state index contributed by atoms with van der Waals surface area (Å²) in [5.74, 6) is -2.15. The number of ether oxygens (including phenoxy) is 4. The summed E-state index contributed by atoms with van der Waals surface area (Å²) in [4.78, 5) is 50.4. The molecule has 0 aliphatic heterocycles. The SMILES string of the molecule is C=C(C(=C)C12CC1CC(C(=O)OC)(C(=O)OC)C2)C12CC1CC(C(=O)OC)(C(=O)OC)C2. The summed E-state index contributed by atoms with van der Waals surface area (Å²) in [7, 11) is 5.07. The highest BCUT2D eigenvalue weighted by atomic mass is 16.6. The molecule has 0 aromatic rings. The topological polar surface area (TPSA) is 105 Å². The van der Waals surface area contributed by atoms with Gasteiger partial charge >= 0.3 is 23.9 Å². The maximum atomic E-state index is 12.6. The Hall–Kier alpha value is -2.64. The molecule has 4 aliphatic rings. The fraction of sp³-hybridized carbons (Fsp3) is 0.667. The van der Waals surface area contributed by atoms with Crippen LogP contribution in [0.15, 0.2) is 24.3 Å². The normalized spacial score (nSPS) is 34.4. The molecule has 0 aromatic carbocycles. The van der Waals surface area contributed by atoms with Crippen LogP contribution in [0.3, 0.4) is 0 Å². The summed E-state index contributed by atoms with van der Waals surface area (Å²) in [5, 5.41) is 0. The zero-order valence-electron chi connectivity index (χ0n) is 19.1. The van der Waals surface area contributed by atoms with Crippen molar-refractivity contribution in [3.8, 4) is 0 Å². The van der Waals surface area contributed by atoms with Gasteiger partial charge in [0, 0.05) is 0 Å². The number of esters is 4. The third-order valence-electron chi connectivity index (χ3n) is 8.76. The largest absolute Gasteiger partial charge is 0.468 e. The molecule has 8 heteroatoms. The minimum atomic E-state index is -1.34. The summed E-state index contributed by atoms with van der Waals surface area (Å²) >= 11 is 0. The van der Waals surface area contributed by atoms with Gasteiger partial charge in [-0.1, -0.05) is 13.2 Å². The van der Waals surface area contributed by atoms with Crippen molar-refractivity contribution in [2.75, 3.05) is 28.4 Å². The molecular formula is C24H30O8. The minimum Gasteiger partial charge on any atom is -0.468 e. The second kappa shape index (κ2) is 6.93. The molecule has 4 saturated carbocycles. The van der Waals surface area contributed by atoms with Crippen LogP contribution in [0.2, 0.25) is 0 Å². The highest BCUT2D eigenvalue weighted by Crippen LogP contribution is 2.79. The summed E-state index contributed by atoms with van der Waals surface area (Å²) in [6.45, 7) is 8.69. The number of hydrogen-bond acceptors (Lipinski definition) is 8. The van der Waals surface area contributed by atoms with Gasteiger partial charge in [-0.25, -0.2) is 0 Å². The highest BCUT2D eigenvalue weighted by Gasteiger charge is 2.76. The Kier molecular flexibility index (Phi) is 4.88. The van der Waals surface area contributed by atoms with Gasteiger partial charge < -0.3 is 18.9 Å². The molecule has 0 N–H and O–H groups in total. The average molecular weight is 446 g/mol. The third kappa shape index (κ3) is 2.61. The fourth-order valence-electron chi connectivity index (χ4n) is 6.92. The predicted molar refractivity (Wildman–Crippen MR) is 111 cm³/mol. The van der Waals surface area contributed by atoms with Crippen LogP contribution in [0.25, 0.3) is 0 Å². The Labute approximate surface area is 187 Å². The Morgan fingerprint density at radius 3 is 1.12 bits per heavy atom. The van der Waals surface area contributed by atoms with Crippen molar-refractivity contribution < 1.29 is 38.1 Å². The van der Waals surface area contributed by atoms with E-state index in [-0.39, 0.29) is 24.7 Å². The summed E-state index contributed by atoms with van der Waals surface area (Å²) in [6.07, 6.45) is 2.84. The molecular weight excluding hydrogens is 416 g/mol. The molecule has 0 amide bonds. The van der Waals surface area contributed by atoms with E-state index in [4.69, 9.17) is 18.9 Å². The van der Waals surface area contributed by atoms with Gasteiger partial charge in [0.15, 0.2) is 10.8 Å². The first-order valence-corrected chi connectivity index (χ1v) is 10.8. The summed E-state index contributed by atoms with van der Waals surface area (Å²) < 4.78 is 19.8. The first kappa shape index (κ1) is 22.6. The number of rotatable bonds is 7. The average Bonchev–Trinajstić information content (AvgIpc) is 3.62. The van der Waals surface area contributed by atoms with Crippen molar-refractivity contribution in [2.45, 2.75) is 38.5 Å². The van der Waals surface area contributed by atoms with E-state index < -0.39 is 45.5 Å². The molecule has 0 aromatic heterocycles. The van der Waals surface area contributed by atoms with E-state index in [2.05, 4.69) is 13.2 Å². The van der Waals surface area contributed by atoms with E-state index in [1.807, 2.05) is 0 Å². The molecule has 0 spiro atoms. The van der Waals surface area contributed by atoms with Gasteiger partial charge in [-0.2, -0.15) is 0 Å². The summed E-state index contributed by atoms with van der Waals surface area (Å²) in [5.41, 5.74) is -1.94. The quantitative estimate of drug-likeness (QED) is 0.254. The van der Waals surface area contributed by atoms with Crippen LogP contribution in [0.4, 0.5) is 0 Å². The number of hydrogen-bond donors (Lipinski definition) is 0. The molecule has 8 nitrogen and oxygen atoms in total. The number of allylic oxidation sites excluding steroid dienone is 2. The standard InChI is InChI=1S/C24H30O8/c1-13(21-7-15(21)9-23(11-21,17(25)29-3)18(26)30-4)14(2)22-8-16(22)10-24(12-22,19(27)31-5)20(28)32-6/h15-16H,1-2,7-12H2,3-6H3.